The molecular weight excluding hydrogens is 478 g/mol. The van der Waals surface area contributed by atoms with Gasteiger partial charge >= 0.3 is 0 Å². The van der Waals surface area contributed by atoms with E-state index in [4.69, 9.17) is 9.47 Å². The zero-order valence-electron chi connectivity index (χ0n) is 20.5. The minimum absolute atomic E-state index is 0.0959. The van der Waals surface area contributed by atoms with Crippen LogP contribution >= 0.6 is 0 Å². The van der Waals surface area contributed by atoms with E-state index in [1.54, 1.807) is 24.3 Å². The fraction of sp³-hybridized carbons (Fsp3) is 0.370. The maximum absolute atomic E-state index is 13.5. The second-order valence-corrected chi connectivity index (χ2v) is 10.5. The third-order valence-corrected chi connectivity index (χ3v) is 7.76. The number of carbonyl (C=O) groups excluding carboxylic acids is 1. The van der Waals surface area contributed by atoms with Gasteiger partial charge in [0.15, 0.2) is 0 Å². The van der Waals surface area contributed by atoms with Crippen molar-refractivity contribution in [3.05, 3.63) is 77.9 Å². The predicted molar refractivity (Wildman–Crippen MR) is 139 cm³/mol. The molecule has 1 saturated heterocycles. The number of hydrogen-bond donors (Lipinski definition) is 2. The van der Waals surface area contributed by atoms with Crippen molar-refractivity contribution in [1.29, 1.82) is 0 Å². The fourth-order valence-electron chi connectivity index (χ4n) is 4.22. The molecule has 3 aromatic carbocycles. The molecule has 192 valence electrons. The van der Waals surface area contributed by atoms with E-state index in [0.717, 1.165) is 29.6 Å². The minimum Gasteiger partial charge on any atom is -0.379 e. The van der Waals surface area contributed by atoms with Gasteiger partial charge in [0.2, 0.25) is 15.9 Å². The molecule has 0 bridgehead atoms. The van der Waals surface area contributed by atoms with Crippen LogP contribution in [0.1, 0.15) is 11.1 Å². The fourth-order valence-corrected chi connectivity index (χ4v) is 5.62. The third-order valence-electron chi connectivity index (χ3n) is 6.23. The summed E-state index contributed by atoms with van der Waals surface area (Å²) in [7, 11) is -4.01. The molecule has 8 nitrogen and oxygen atoms in total. The molecular formula is C27H33N3O5S. The molecule has 1 fully saturated rings. The van der Waals surface area contributed by atoms with Crippen LogP contribution in [0.5, 0.6) is 0 Å². The van der Waals surface area contributed by atoms with Gasteiger partial charge in [-0.15, -0.1) is 0 Å². The Labute approximate surface area is 212 Å². The zero-order valence-corrected chi connectivity index (χ0v) is 21.3. The van der Waals surface area contributed by atoms with E-state index in [1.165, 1.54) is 0 Å². The summed E-state index contributed by atoms with van der Waals surface area (Å²) in [5.74, 6) is -0.420. The van der Waals surface area contributed by atoms with Gasteiger partial charge in [-0.3, -0.25) is 9.69 Å². The number of hydrogen-bond acceptors (Lipinski definition) is 6. The van der Waals surface area contributed by atoms with Crippen LogP contribution in [0.3, 0.4) is 0 Å². The number of ether oxygens (including phenoxy) is 2. The molecule has 4 rings (SSSR count). The number of sulfonamides is 1. The van der Waals surface area contributed by atoms with E-state index in [-0.39, 0.29) is 18.1 Å². The Kier molecular flexibility index (Phi) is 9.06. The topological polar surface area (TPSA) is 97.0 Å². The monoisotopic (exact) mass is 511 g/mol. The standard InChI is InChI=1S/C27H33N3O5S/c1-21-11-12-26(24-10-6-5-9-23(21)24)36(32,33)29-25(20-35-19-22-7-3-2-4-8-22)27(31)28-13-14-30-15-17-34-18-16-30/h2-12,25,29H,13-20H2,1H3,(H,28,31)/t25-/m1/s1. The normalized spacial score (nSPS) is 15.6. The Bertz CT molecular complexity index is 1260. The highest BCUT2D eigenvalue weighted by molar-refractivity contribution is 7.89. The van der Waals surface area contributed by atoms with E-state index in [9.17, 15) is 13.2 Å². The summed E-state index contributed by atoms with van der Waals surface area (Å²) in [6, 6.07) is 19.2. The van der Waals surface area contributed by atoms with Crippen molar-refractivity contribution in [2.75, 3.05) is 46.0 Å². The van der Waals surface area contributed by atoms with Crippen LogP contribution in [0.2, 0.25) is 0 Å². The highest BCUT2D eigenvalue weighted by atomic mass is 32.2. The number of rotatable bonds is 11. The summed E-state index contributed by atoms with van der Waals surface area (Å²) >= 11 is 0. The summed E-state index contributed by atoms with van der Waals surface area (Å²) in [6.45, 7) is 6.16. The Balaban J connectivity index is 1.47. The van der Waals surface area contributed by atoms with Crippen molar-refractivity contribution in [2.45, 2.75) is 24.5 Å². The first kappa shape index (κ1) is 26.2. The molecule has 0 unspecified atom stereocenters. The van der Waals surface area contributed by atoms with Crippen molar-refractivity contribution in [3.8, 4) is 0 Å². The van der Waals surface area contributed by atoms with Gasteiger partial charge in [0, 0.05) is 31.6 Å². The average molecular weight is 512 g/mol. The highest BCUT2D eigenvalue weighted by Gasteiger charge is 2.27. The number of aryl methyl sites for hydroxylation is 1. The maximum Gasteiger partial charge on any atom is 0.241 e. The maximum atomic E-state index is 13.5. The molecule has 0 saturated carbocycles. The molecule has 1 atom stereocenters. The van der Waals surface area contributed by atoms with Crippen LogP contribution in [0.15, 0.2) is 71.6 Å². The quantitative estimate of drug-likeness (QED) is 0.411. The first-order chi connectivity index (χ1) is 17.4. The first-order valence-electron chi connectivity index (χ1n) is 12.1. The molecule has 0 aliphatic carbocycles. The second-order valence-electron chi connectivity index (χ2n) is 8.85. The van der Waals surface area contributed by atoms with E-state index >= 15 is 0 Å². The smallest absolute Gasteiger partial charge is 0.241 e. The number of morpholine rings is 1. The molecule has 2 N–H and O–H groups in total. The lowest BCUT2D eigenvalue weighted by Gasteiger charge is -2.27. The van der Waals surface area contributed by atoms with Gasteiger partial charge in [-0.1, -0.05) is 60.7 Å². The van der Waals surface area contributed by atoms with Gasteiger partial charge in [0.25, 0.3) is 0 Å². The lowest BCUT2D eigenvalue weighted by Crippen LogP contribution is -2.51. The number of benzene rings is 3. The van der Waals surface area contributed by atoms with Crippen LogP contribution in [-0.2, 0) is 30.9 Å². The molecule has 1 amide bonds. The Hall–Kier alpha value is -2.82. The zero-order chi connectivity index (χ0) is 25.4. The highest BCUT2D eigenvalue weighted by Crippen LogP contribution is 2.26. The van der Waals surface area contributed by atoms with Crippen LogP contribution < -0.4 is 10.0 Å². The Morgan fingerprint density at radius 2 is 1.69 bits per heavy atom. The van der Waals surface area contributed by atoms with Crippen LogP contribution in [0, 0.1) is 6.92 Å². The van der Waals surface area contributed by atoms with Crippen LogP contribution in [0.25, 0.3) is 10.8 Å². The molecule has 9 heteroatoms. The number of nitrogens with zero attached hydrogens (tertiary/aromatic N) is 1. The van der Waals surface area contributed by atoms with Crippen molar-refractivity contribution in [1.82, 2.24) is 14.9 Å². The van der Waals surface area contributed by atoms with E-state index in [1.807, 2.05) is 49.4 Å². The SMILES string of the molecule is Cc1ccc(S(=O)(=O)N[C@H](COCc2ccccc2)C(=O)NCCN2CCOCC2)c2ccccc12. The van der Waals surface area contributed by atoms with Gasteiger partial charge < -0.3 is 14.8 Å². The number of carbonyl (C=O) groups is 1. The average Bonchev–Trinajstić information content (AvgIpc) is 2.89. The van der Waals surface area contributed by atoms with Crippen molar-refractivity contribution in [3.63, 3.8) is 0 Å². The van der Waals surface area contributed by atoms with E-state index < -0.39 is 22.0 Å². The lowest BCUT2D eigenvalue weighted by molar-refractivity contribution is -0.124. The lowest BCUT2D eigenvalue weighted by atomic mass is 10.1. The molecule has 0 radical (unpaired) electrons. The van der Waals surface area contributed by atoms with Crippen molar-refractivity contribution >= 4 is 26.7 Å². The predicted octanol–water partition coefficient (Wildman–Crippen LogP) is 2.46. The summed E-state index contributed by atoms with van der Waals surface area (Å²) < 4.78 is 40.6. The Morgan fingerprint density at radius 3 is 2.44 bits per heavy atom. The number of nitrogens with one attached hydrogen (secondary N) is 2. The molecule has 1 aliphatic rings. The molecule has 3 aromatic rings. The molecule has 1 aliphatic heterocycles. The third kappa shape index (κ3) is 6.89. The minimum atomic E-state index is -4.01. The summed E-state index contributed by atoms with van der Waals surface area (Å²) in [4.78, 5) is 15.4. The van der Waals surface area contributed by atoms with Gasteiger partial charge in [-0.2, -0.15) is 4.72 Å². The largest absolute Gasteiger partial charge is 0.379 e. The van der Waals surface area contributed by atoms with E-state index in [2.05, 4.69) is 14.9 Å². The summed E-state index contributed by atoms with van der Waals surface area (Å²) in [5, 5.41) is 4.34. The number of amides is 1. The van der Waals surface area contributed by atoms with Crippen molar-refractivity contribution in [2.24, 2.45) is 0 Å². The van der Waals surface area contributed by atoms with Gasteiger partial charge in [-0.05, 0) is 29.5 Å². The molecule has 0 aromatic heterocycles. The Morgan fingerprint density at radius 1 is 1.00 bits per heavy atom. The first-order valence-corrected chi connectivity index (χ1v) is 13.6. The van der Waals surface area contributed by atoms with Crippen molar-refractivity contribution < 1.29 is 22.7 Å². The van der Waals surface area contributed by atoms with Gasteiger partial charge in [0.1, 0.15) is 6.04 Å². The molecule has 36 heavy (non-hydrogen) atoms. The summed E-state index contributed by atoms with van der Waals surface area (Å²) in [6.07, 6.45) is 0. The summed E-state index contributed by atoms with van der Waals surface area (Å²) in [5.41, 5.74) is 1.92. The van der Waals surface area contributed by atoms with Crippen LogP contribution in [0.4, 0.5) is 0 Å². The van der Waals surface area contributed by atoms with Gasteiger partial charge in [-0.25, -0.2) is 8.42 Å². The molecule has 0 spiro atoms. The number of fused-ring (bicyclic) bond motifs is 1. The van der Waals surface area contributed by atoms with E-state index in [0.29, 0.717) is 31.7 Å². The van der Waals surface area contributed by atoms with Crippen LogP contribution in [-0.4, -0.2) is 71.3 Å². The second kappa shape index (κ2) is 12.4. The molecule has 1 heterocycles. The van der Waals surface area contributed by atoms with Gasteiger partial charge in [0.05, 0.1) is 31.3 Å².